The lowest BCUT2D eigenvalue weighted by atomic mass is 9.84. The van der Waals surface area contributed by atoms with Gasteiger partial charge in [-0.25, -0.2) is 13.2 Å². The Morgan fingerprint density at radius 1 is 0.821 bits per heavy atom. The van der Waals surface area contributed by atoms with E-state index in [9.17, 15) is 30.7 Å². The molecule has 0 amide bonds. The number of alkyl halides is 4. The fourth-order valence-corrected chi connectivity index (χ4v) is 3.46. The van der Waals surface area contributed by atoms with E-state index in [0.717, 1.165) is 18.2 Å². The molecule has 28 heavy (non-hydrogen) atoms. The Bertz CT molecular complexity index is 1000. The standard InChI is InChI=1S/C21H17F7/c1-3-5-12-10-11-6-8-14(18(23)16(11)19(24)17(12)22)15-9-7-13(4-2)20(25,26)21(15,27)28/h6-10H,3-5H2,1-2H3. The van der Waals surface area contributed by atoms with Gasteiger partial charge in [-0.15, -0.1) is 0 Å². The Labute approximate surface area is 157 Å². The summed E-state index contributed by atoms with van der Waals surface area (Å²) in [4.78, 5) is 0. The first-order chi connectivity index (χ1) is 13.1. The van der Waals surface area contributed by atoms with Crippen molar-refractivity contribution in [2.75, 3.05) is 0 Å². The van der Waals surface area contributed by atoms with Crippen LogP contribution < -0.4 is 0 Å². The average molecular weight is 402 g/mol. The summed E-state index contributed by atoms with van der Waals surface area (Å²) in [5, 5.41) is -0.861. The maximum absolute atomic E-state index is 14.9. The molecule has 0 radical (unpaired) electrons. The largest absolute Gasteiger partial charge is 0.340 e. The lowest BCUT2D eigenvalue weighted by Gasteiger charge is -2.33. The highest BCUT2D eigenvalue weighted by Gasteiger charge is 2.62. The van der Waals surface area contributed by atoms with E-state index in [4.69, 9.17) is 0 Å². The highest BCUT2D eigenvalue weighted by Crippen LogP contribution is 2.52. The van der Waals surface area contributed by atoms with Gasteiger partial charge in [0.05, 0.1) is 5.39 Å². The van der Waals surface area contributed by atoms with Gasteiger partial charge >= 0.3 is 11.8 Å². The molecular formula is C21H17F7. The van der Waals surface area contributed by atoms with Crippen LogP contribution in [0, 0.1) is 17.5 Å². The highest BCUT2D eigenvalue weighted by molar-refractivity contribution is 5.90. The fourth-order valence-electron chi connectivity index (χ4n) is 3.46. The van der Waals surface area contributed by atoms with Crippen molar-refractivity contribution in [3.05, 3.63) is 64.5 Å². The molecule has 0 aromatic heterocycles. The van der Waals surface area contributed by atoms with Crippen LogP contribution in [0.5, 0.6) is 0 Å². The lowest BCUT2D eigenvalue weighted by Crippen LogP contribution is -2.44. The summed E-state index contributed by atoms with van der Waals surface area (Å²) < 4.78 is 101. The smallest absolute Gasteiger partial charge is 0.206 e. The van der Waals surface area contributed by atoms with Crippen LogP contribution >= 0.6 is 0 Å². The molecule has 0 spiro atoms. The van der Waals surface area contributed by atoms with Gasteiger partial charge in [0.25, 0.3) is 0 Å². The Hall–Kier alpha value is -2.31. The van der Waals surface area contributed by atoms with Crippen molar-refractivity contribution >= 4 is 16.3 Å². The minimum absolute atomic E-state index is 0.0279. The van der Waals surface area contributed by atoms with Gasteiger partial charge in [0, 0.05) is 16.7 Å². The minimum atomic E-state index is -4.70. The molecule has 0 saturated carbocycles. The summed E-state index contributed by atoms with van der Waals surface area (Å²) in [5.74, 6) is -13.5. The van der Waals surface area contributed by atoms with Gasteiger partial charge in [0.2, 0.25) is 0 Å². The zero-order chi connectivity index (χ0) is 20.9. The number of benzene rings is 2. The van der Waals surface area contributed by atoms with Crippen molar-refractivity contribution in [2.45, 2.75) is 45.0 Å². The normalized spacial score (nSPS) is 18.2. The number of hydrogen-bond acceptors (Lipinski definition) is 0. The Kier molecular flexibility index (Phi) is 5.06. The van der Waals surface area contributed by atoms with Crippen molar-refractivity contribution in [3.63, 3.8) is 0 Å². The molecule has 0 aliphatic heterocycles. The van der Waals surface area contributed by atoms with Crippen LogP contribution in [0.25, 0.3) is 16.3 Å². The van der Waals surface area contributed by atoms with Gasteiger partial charge < -0.3 is 0 Å². The predicted molar refractivity (Wildman–Crippen MR) is 94.1 cm³/mol. The van der Waals surface area contributed by atoms with Gasteiger partial charge in [-0.3, -0.25) is 0 Å². The van der Waals surface area contributed by atoms with Gasteiger partial charge in [0.1, 0.15) is 5.82 Å². The van der Waals surface area contributed by atoms with Gasteiger partial charge in [-0.2, -0.15) is 17.6 Å². The van der Waals surface area contributed by atoms with Crippen molar-refractivity contribution in [3.8, 4) is 0 Å². The molecule has 1 aliphatic carbocycles. The summed E-state index contributed by atoms with van der Waals surface area (Å²) in [6.07, 6.45) is 1.94. The summed E-state index contributed by atoms with van der Waals surface area (Å²) in [5.41, 5.74) is -2.91. The number of rotatable bonds is 4. The number of allylic oxidation sites excluding steroid dienone is 4. The molecule has 0 N–H and O–H groups in total. The molecule has 2 aromatic carbocycles. The third-order valence-corrected chi connectivity index (χ3v) is 4.98. The Morgan fingerprint density at radius 3 is 2.11 bits per heavy atom. The lowest BCUT2D eigenvalue weighted by molar-refractivity contribution is -0.149. The van der Waals surface area contributed by atoms with E-state index in [1.165, 1.54) is 13.0 Å². The molecule has 3 rings (SSSR count). The third-order valence-electron chi connectivity index (χ3n) is 4.98. The molecule has 0 atom stereocenters. The van der Waals surface area contributed by atoms with Crippen LogP contribution in [0.2, 0.25) is 0 Å². The first-order valence-corrected chi connectivity index (χ1v) is 8.84. The zero-order valence-corrected chi connectivity index (χ0v) is 15.2. The molecule has 150 valence electrons. The molecule has 2 aromatic rings. The monoisotopic (exact) mass is 402 g/mol. The van der Waals surface area contributed by atoms with Crippen LogP contribution in [-0.2, 0) is 6.42 Å². The summed E-state index contributed by atoms with van der Waals surface area (Å²) in [6, 6.07) is 3.26. The first kappa shape index (κ1) is 20.4. The number of hydrogen-bond donors (Lipinski definition) is 0. The summed E-state index contributed by atoms with van der Waals surface area (Å²) in [7, 11) is 0. The first-order valence-electron chi connectivity index (χ1n) is 8.84. The molecule has 0 nitrogen and oxygen atoms in total. The van der Waals surface area contributed by atoms with E-state index in [1.807, 2.05) is 0 Å². The van der Waals surface area contributed by atoms with Crippen molar-refractivity contribution in [1.82, 2.24) is 0 Å². The maximum Gasteiger partial charge on any atom is 0.340 e. The molecule has 0 saturated heterocycles. The van der Waals surface area contributed by atoms with Crippen molar-refractivity contribution in [1.29, 1.82) is 0 Å². The second-order valence-electron chi connectivity index (χ2n) is 6.71. The minimum Gasteiger partial charge on any atom is -0.206 e. The molecule has 7 heteroatoms. The van der Waals surface area contributed by atoms with Crippen LogP contribution in [0.4, 0.5) is 30.7 Å². The van der Waals surface area contributed by atoms with E-state index in [-0.39, 0.29) is 23.8 Å². The van der Waals surface area contributed by atoms with Crippen LogP contribution in [0.3, 0.4) is 0 Å². The predicted octanol–water partition coefficient (Wildman–Crippen LogP) is 7.21. The van der Waals surface area contributed by atoms with Gasteiger partial charge in [-0.1, -0.05) is 44.6 Å². The highest BCUT2D eigenvalue weighted by atomic mass is 19.3. The second-order valence-corrected chi connectivity index (χ2v) is 6.71. The number of aryl methyl sites for hydroxylation is 1. The molecule has 1 aliphatic rings. The topological polar surface area (TPSA) is 0 Å². The zero-order valence-electron chi connectivity index (χ0n) is 15.2. The van der Waals surface area contributed by atoms with Gasteiger partial charge in [-0.05, 0) is 29.9 Å². The molecular weight excluding hydrogens is 385 g/mol. The SMILES string of the molecule is CCCc1cc2ccc(C3=CC=C(CC)C(F)(F)C3(F)F)c(F)c2c(F)c1F. The van der Waals surface area contributed by atoms with Crippen LogP contribution in [0.15, 0.2) is 35.9 Å². The molecule has 0 heterocycles. The Morgan fingerprint density at radius 2 is 1.50 bits per heavy atom. The van der Waals surface area contributed by atoms with E-state index in [1.54, 1.807) is 6.92 Å². The van der Waals surface area contributed by atoms with E-state index >= 15 is 0 Å². The Balaban J connectivity index is 2.27. The quantitative estimate of drug-likeness (QED) is 0.474. The number of fused-ring (bicyclic) bond motifs is 1. The average Bonchev–Trinajstić information content (AvgIpc) is 2.62. The summed E-state index contributed by atoms with van der Waals surface area (Å²) in [6.45, 7) is 3.05. The summed E-state index contributed by atoms with van der Waals surface area (Å²) >= 11 is 0. The van der Waals surface area contributed by atoms with E-state index in [2.05, 4.69) is 0 Å². The van der Waals surface area contributed by atoms with Crippen LogP contribution in [-0.4, -0.2) is 11.8 Å². The second kappa shape index (κ2) is 6.94. The third kappa shape index (κ3) is 2.83. The van der Waals surface area contributed by atoms with E-state index < -0.39 is 51.4 Å². The molecule has 0 unspecified atom stereocenters. The van der Waals surface area contributed by atoms with Gasteiger partial charge in [0.15, 0.2) is 11.6 Å². The van der Waals surface area contributed by atoms with Crippen molar-refractivity contribution < 1.29 is 30.7 Å². The van der Waals surface area contributed by atoms with E-state index in [0.29, 0.717) is 12.5 Å². The molecule has 0 fully saturated rings. The maximum atomic E-state index is 14.9. The molecule has 0 bridgehead atoms. The number of halogens is 7. The van der Waals surface area contributed by atoms with Crippen molar-refractivity contribution in [2.24, 2.45) is 0 Å². The van der Waals surface area contributed by atoms with Crippen LogP contribution in [0.1, 0.15) is 37.8 Å². The fraction of sp³-hybridized carbons (Fsp3) is 0.333.